The number of fused-ring (bicyclic) bond motifs is 1. The van der Waals surface area contributed by atoms with Gasteiger partial charge in [0.05, 0.1) is 16.6 Å². The van der Waals surface area contributed by atoms with E-state index in [1.54, 1.807) is 12.1 Å². The van der Waals surface area contributed by atoms with E-state index in [9.17, 15) is 10.4 Å². The summed E-state index contributed by atoms with van der Waals surface area (Å²) in [6.45, 7) is 5.88. The molecule has 1 aromatic heterocycles. The van der Waals surface area contributed by atoms with Crippen LogP contribution in [-0.2, 0) is 0 Å². The highest BCUT2D eigenvalue weighted by Gasteiger charge is 2.10. The van der Waals surface area contributed by atoms with E-state index in [-0.39, 0.29) is 5.75 Å². The number of nitrogens with one attached hydrogen (secondary N) is 1. The number of hydrogen-bond donors (Lipinski definition) is 2. The quantitative estimate of drug-likeness (QED) is 0.687. The third-order valence-corrected chi connectivity index (χ3v) is 4.21. The van der Waals surface area contributed by atoms with E-state index in [0.29, 0.717) is 17.0 Å². The summed E-state index contributed by atoms with van der Waals surface area (Å²) < 4.78 is 0. The molecular weight excluding hydrogens is 312 g/mol. The fraction of sp³-hybridized carbons (Fsp3) is 0.200. The number of rotatable bonds is 5. The van der Waals surface area contributed by atoms with Crippen LogP contribution in [0.1, 0.15) is 25.2 Å². The summed E-state index contributed by atoms with van der Waals surface area (Å²) in [6.07, 6.45) is 1.65. The molecule has 0 aliphatic carbocycles. The monoisotopic (exact) mass is 332 g/mol. The summed E-state index contributed by atoms with van der Waals surface area (Å²) in [5.41, 5.74) is 3.61. The molecule has 25 heavy (non-hydrogen) atoms. The minimum absolute atomic E-state index is 0.147. The molecule has 2 N–H and O–H groups in total. The maximum atomic E-state index is 10.4. The summed E-state index contributed by atoms with van der Waals surface area (Å²) in [5, 5.41) is 19.9. The molecule has 0 spiro atoms. The van der Waals surface area contributed by atoms with Crippen molar-refractivity contribution in [2.24, 2.45) is 0 Å². The number of H-pyrrole nitrogens is 1. The number of benzene rings is 2. The number of imidazole rings is 1. The lowest BCUT2D eigenvalue weighted by molar-refractivity contribution is 0.474. The van der Waals surface area contributed by atoms with E-state index in [2.05, 4.69) is 34.8 Å². The average Bonchev–Trinajstić information content (AvgIpc) is 3.06. The topological polar surface area (TPSA) is 75.9 Å². The van der Waals surface area contributed by atoms with Crippen LogP contribution in [0.5, 0.6) is 5.75 Å². The third kappa shape index (κ3) is 3.33. The molecule has 0 radical (unpaired) electrons. The van der Waals surface area contributed by atoms with Crippen LogP contribution < -0.4 is 4.90 Å². The molecule has 0 saturated carbocycles. The van der Waals surface area contributed by atoms with Crippen LogP contribution in [0.15, 0.2) is 42.5 Å². The molecule has 0 unspecified atom stereocenters. The van der Waals surface area contributed by atoms with Crippen LogP contribution in [-0.4, -0.2) is 28.2 Å². The second-order valence-electron chi connectivity index (χ2n) is 5.69. The fourth-order valence-electron chi connectivity index (χ4n) is 2.83. The number of nitrogens with zero attached hydrogens (tertiary/aromatic N) is 3. The molecule has 0 atom stereocenters. The molecule has 1 heterocycles. The second kappa shape index (κ2) is 7.10. The molecular formula is C20H20N4O. The van der Waals surface area contributed by atoms with Crippen molar-refractivity contribution in [1.82, 2.24) is 9.97 Å². The molecule has 0 fully saturated rings. The van der Waals surface area contributed by atoms with Crippen molar-refractivity contribution in [2.45, 2.75) is 13.8 Å². The first-order chi connectivity index (χ1) is 12.2. The van der Waals surface area contributed by atoms with Crippen LogP contribution in [0, 0.1) is 11.3 Å². The Morgan fingerprint density at radius 3 is 2.64 bits per heavy atom. The standard InChI is InChI=1S/C20H20N4O/c1-3-24(4-2)16-10-9-14(19(25)12-16)11-15(13-21)20-22-17-7-5-6-8-18(17)23-20/h5-12,25H,3-4H2,1-2H3,(H,22,23). The van der Waals surface area contributed by atoms with Gasteiger partial charge in [0.15, 0.2) is 0 Å². The lowest BCUT2D eigenvalue weighted by Gasteiger charge is -2.21. The van der Waals surface area contributed by atoms with Gasteiger partial charge < -0.3 is 15.0 Å². The summed E-state index contributed by atoms with van der Waals surface area (Å²) in [6, 6.07) is 15.3. The van der Waals surface area contributed by atoms with Crippen molar-refractivity contribution < 1.29 is 5.11 Å². The number of aromatic nitrogens is 2. The van der Waals surface area contributed by atoms with Crippen molar-refractivity contribution in [2.75, 3.05) is 18.0 Å². The lowest BCUT2D eigenvalue weighted by atomic mass is 10.1. The van der Waals surface area contributed by atoms with Gasteiger partial charge in [0.2, 0.25) is 0 Å². The van der Waals surface area contributed by atoms with Gasteiger partial charge in [-0.1, -0.05) is 12.1 Å². The largest absolute Gasteiger partial charge is 0.507 e. The Morgan fingerprint density at radius 2 is 2.00 bits per heavy atom. The predicted octanol–water partition coefficient (Wildman–Crippen LogP) is 4.18. The highest BCUT2D eigenvalue weighted by Crippen LogP contribution is 2.28. The molecule has 5 nitrogen and oxygen atoms in total. The minimum atomic E-state index is 0.147. The number of aromatic amines is 1. The normalized spacial score (nSPS) is 11.5. The van der Waals surface area contributed by atoms with Gasteiger partial charge in [-0.25, -0.2) is 4.98 Å². The highest BCUT2D eigenvalue weighted by atomic mass is 16.3. The zero-order valence-corrected chi connectivity index (χ0v) is 14.3. The number of phenols is 1. The number of nitriles is 1. The Bertz CT molecular complexity index is 928. The van der Waals surface area contributed by atoms with Crippen LogP contribution in [0.3, 0.4) is 0 Å². The van der Waals surface area contributed by atoms with E-state index >= 15 is 0 Å². The van der Waals surface area contributed by atoms with E-state index in [0.717, 1.165) is 29.8 Å². The third-order valence-electron chi connectivity index (χ3n) is 4.21. The molecule has 2 aromatic carbocycles. The van der Waals surface area contributed by atoms with Gasteiger partial charge >= 0.3 is 0 Å². The molecule has 5 heteroatoms. The van der Waals surface area contributed by atoms with Crippen LogP contribution in [0.25, 0.3) is 22.7 Å². The van der Waals surface area contributed by atoms with Crippen LogP contribution in [0.4, 0.5) is 5.69 Å². The molecule has 126 valence electrons. The highest BCUT2D eigenvalue weighted by molar-refractivity contribution is 5.91. The van der Waals surface area contributed by atoms with E-state index in [1.165, 1.54) is 0 Å². The summed E-state index contributed by atoms with van der Waals surface area (Å²) in [4.78, 5) is 9.74. The molecule has 0 amide bonds. The van der Waals surface area contributed by atoms with Gasteiger partial charge in [-0.2, -0.15) is 5.26 Å². The van der Waals surface area contributed by atoms with Crippen molar-refractivity contribution in [3.05, 3.63) is 53.9 Å². The summed E-state index contributed by atoms with van der Waals surface area (Å²) in [7, 11) is 0. The molecule has 0 aliphatic heterocycles. The number of para-hydroxylation sites is 2. The molecule has 0 aliphatic rings. The Morgan fingerprint density at radius 1 is 1.24 bits per heavy atom. The molecule has 0 bridgehead atoms. The van der Waals surface area contributed by atoms with E-state index in [4.69, 9.17) is 0 Å². The second-order valence-corrected chi connectivity index (χ2v) is 5.69. The van der Waals surface area contributed by atoms with Gasteiger partial charge in [0, 0.05) is 30.4 Å². The lowest BCUT2D eigenvalue weighted by Crippen LogP contribution is -2.21. The van der Waals surface area contributed by atoms with Gasteiger partial charge in [-0.3, -0.25) is 0 Å². The van der Waals surface area contributed by atoms with Gasteiger partial charge in [-0.05, 0) is 44.2 Å². The van der Waals surface area contributed by atoms with Gasteiger partial charge in [0.1, 0.15) is 17.6 Å². The summed E-state index contributed by atoms with van der Waals surface area (Å²) in [5.74, 6) is 0.643. The van der Waals surface area contributed by atoms with Crippen molar-refractivity contribution >= 4 is 28.4 Å². The maximum absolute atomic E-state index is 10.4. The SMILES string of the molecule is CCN(CC)c1ccc(C=C(C#N)c2nc3ccccc3[nH]2)c(O)c1. The van der Waals surface area contributed by atoms with Gasteiger partial charge in [0.25, 0.3) is 0 Å². The Kier molecular flexibility index (Phi) is 4.71. The smallest absolute Gasteiger partial charge is 0.149 e. The van der Waals surface area contributed by atoms with E-state index in [1.807, 2.05) is 36.4 Å². The number of allylic oxidation sites excluding steroid dienone is 1. The Labute approximate surface area is 146 Å². The molecule has 0 saturated heterocycles. The first-order valence-corrected chi connectivity index (χ1v) is 8.31. The Hall–Kier alpha value is -3.26. The number of anilines is 1. The number of phenolic OH excluding ortho intramolecular Hbond substituents is 1. The van der Waals surface area contributed by atoms with E-state index < -0.39 is 0 Å². The summed E-state index contributed by atoms with van der Waals surface area (Å²) >= 11 is 0. The van der Waals surface area contributed by atoms with Crippen molar-refractivity contribution in [3.63, 3.8) is 0 Å². The number of hydrogen-bond acceptors (Lipinski definition) is 4. The van der Waals surface area contributed by atoms with Crippen molar-refractivity contribution in [1.29, 1.82) is 5.26 Å². The minimum Gasteiger partial charge on any atom is -0.507 e. The first-order valence-electron chi connectivity index (χ1n) is 8.31. The average molecular weight is 332 g/mol. The van der Waals surface area contributed by atoms with Crippen LogP contribution in [0.2, 0.25) is 0 Å². The Balaban J connectivity index is 1.98. The number of aromatic hydroxyl groups is 1. The van der Waals surface area contributed by atoms with Gasteiger partial charge in [-0.15, -0.1) is 0 Å². The van der Waals surface area contributed by atoms with Crippen molar-refractivity contribution in [3.8, 4) is 11.8 Å². The first kappa shape index (κ1) is 16.6. The van der Waals surface area contributed by atoms with Crippen LogP contribution >= 0.6 is 0 Å². The zero-order valence-electron chi connectivity index (χ0n) is 14.3. The predicted molar refractivity (Wildman–Crippen MR) is 101 cm³/mol. The maximum Gasteiger partial charge on any atom is 0.149 e. The molecule has 3 rings (SSSR count). The molecule has 3 aromatic rings. The fourth-order valence-corrected chi connectivity index (χ4v) is 2.83. The zero-order chi connectivity index (χ0) is 17.8.